The molecule has 0 bridgehead atoms. The number of hydrogen-bond acceptors (Lipinski definition) is 5. The Morgan fingerprint density at radius 1 is 1.50 bits per heavy atom. The predicted molar refractivity (Wildman–Crippen MR) is 68.8 cm³/mol. The summed E-state index contributed by atoms with van der Waals surface area (Å²) in [6.07, 6.45) is 0. The summed E-state index contributed by atoms with van der Waals surface area (Å²) in [5.74, 6) is 2.44. The van der Waals surface area contributed by atoms with E-state index in [-0.39, 0.29) is 11.9 Å². The molecule has 0 saturated heterocycles. The fourth-order valence-corrected chi connectivity index (χ4v) is 1.90. The van der Waals surface area contributed by atoms with E-state index in [1.165, 1.54) is 0 Å². The summed E-state index contributed by atoms with van der Waals surface area (Å²) in [6, 6.07) is 1.94. The van der Waals surface area contributed by atoms with Crippen molar-refractivity contribution in [3.63, 3.8) is 0 Å². The molecule has 1 aromatic heterocycles. The third-order valence-electron chi connectivity index (χ3n) is 2.01. The standard InChI is InChI=1S/C11H19N3OS/c1-4-12-10-5-8(2)13-11(14-10)7-16-9(3)6-15/h5,9,15H,4,6-7H2,1-3H3,(H,12,13,14). The van der Waals surface area contributed by atoms with Crippen molar-refractivity contribution in [2.45, 2.75) is 31.8 Å². The minimum absolute atomic E-state index is 0.191. The molecule has 5 heteroatoms. The first-order chi connectivity index (χ1) is 7.65. The molecule has 1 rings (SSSR count). The quantitative estimate of drug-likeness (QED) is 0.795. The van der Waals surface area contributed by atoms with Crippen molar-refractivity contribution < 1.29 is 5.11 Å². The van der Waals surface area contributed by atoms with Crippen LogP contribution in [0.5, 0.6) is 0 Å². The van der Waals surface area contributed by atoms with E-state index in [0.717, 1.165) is 29.6 Å². The van der Waals surface area contributed by atoms with Crippen molar-refractivity contribution in [2.75, 3.05) is 18.5 Å². The normalized spacial score (nSPS) is 12.5. The Morgan fingerprint density at radius 2 is 2.25 bits per heavy atom. The van der Waals surface area contributed by atoms with Crippen LogP contribution in [0.4, 0.5) is 5.82 Å². The lowest BCUT2D eigenvalue weighted by Gasteiger charge is -2.09. The van der Waals surface area contributed by atoms with Crippen molar-refractivity contribution in [3.05, 3.63) is 17.6 Å². The molecule has 4 nitrogen and oxygen atoms in total. The number of aromatic nitrogens is 2. The van der Waals surface area contributed by atoms with Crippen LogP contribution in [0.2, 0.25) is 0 Å². The van der Waals surface area contributed by atoms with Gasteiger partial charge in [0, 0.05) is 23.6 Å². The van der Waals surface area contributed by atoms with Crippen LogP contribution >= 0.6 is 11.8 Å². The van der Waals surface area contributed by atoms with Gasteiger partial charge in [0.2, 0.25) is 0 Å². The summed E-state index contributed by atoms with van der Waals surface area (Å²) >= 11 is 1.66. The van der Waals surface area contributed by atoms with Crippen LogP contribution in [0.3, 0.4) is 0 Å². The molecule has 0 amide bonds. The van der Waals surface area contributed by atoms with Crippen molar-refractivity contribution in [3.8, 4) is 0 Å². The maximum Gasteiger partial charge on any atom is 0.140 e. The van der Waals surface area contributed by atoms with E-state index in [0.29, 0.717) is 0 Å². The second-order valence-electron chi connectivity index (χ2n) is 3.65. The molecule has 0 saturated carbocycles. The second-order valence-corrected chi connectivity index (χ2v) is 5.07. The fourth-order valence-electron chi connectivity index (χ4n) is 1.24. The lowest BCUT2D eigenvalue weighted by atomic mass is 10.4. The zero-order valence-electron chi connectivity index (χ0n) is 10.0. The average Bonchev–Trinajstić information content (AvgIpc) is 2.25. The van der Waals surface area contributed by atoms with Gasteiger partial charge in [-0.15, -0.1) is 11.8 Å². The number of thioether (sulfide) groups is 1. The first kappa shape index (κ1) is 13.3. The number of rotatable bonds is 6. The second kappa shape index (κ2) is 6.70. The Bertz CT molecular complexity index is 333. The number of anilines is 1. The van der Waals surface area contributed by atoms with Gasteiger partial charge in [-0.1, -0.05) is 6.92 Å². The smallest absolute Gasteiger partial charge is 0.140 e. The lowest BCUT2D eigenvalue weighted by molar-refractivity contribution is 0.300. The van der Waals surface area contributed by atoms with Crippen LogP contribution in [0.15, 0.2) is 6.07 Å². The fraction of sp³-hybridized carbons (Fsp3) is 0.636. The molecule has 1 atom stereocenters. The summed E-state index contributed by atoms with van der Waals surface area (Å²) < 4.78 is 0. The molecule has 1 aromatic rings. The Labute approximate surface area is 101 Å². The van der Waals surface area contributed by atoms with Gasteiger partial charge in [0.25, 0.3) is 0 Å². The molecule has 1 heterocycles. The van der Waals surface area contributed by atoms with Gasteiger partial charge in [0.15, 0.2) is 0 Å². The van der Waals surface area contributed by atoms with Crippen molar-refractivity contribution in [1.82, 2.24) is 9.97 Å². The van der Waals surface area contributed by atoms with Gasteiger partial charge in [-0.2, -0.15) is 0 Å². The SMILES string of the molecule is CCNc1cc(C)nc(CSC(C)CO)n1. The van der Waals surface area contributed by atoms with Crippen LogP contribution in [0.25, 0.3) is 0 Å². The van der Waals surface area contributed by atoms with Gasteiger partial charge in [-0.05, 0) is 13.8 Å². The Morgan fingerprint density at radius 3 is 2.88 bits per heavy atom. The number of nitrogens with one attached hydrogen (secondary N) is 1. The van der Waals surface area contributed by atoms with Gasteiger partial charge in [0.05, 0.1) is 12.4 Å². The third kappa shape index (κ3) is 4.37. The minimum Gasteiger partial charge on any atom is -0.395 e. The van der Waals surface area contributed by atoms with Gasteiger partial charge < -0.3 is 10.4 Å². The Kier molecular flexibility index (Phi) is 5.55. The molecule has 16 heavy (non-hydrogen) atoms. The van der Waals surface area contributed by atoms with E-state index in [9.17, 15) is 0 Å². The average molecular weight is 241 g/mol. The molecule has 2 N–H and O–H groups in total. The number of aliphatic hydroxyl groups is 1. The largest absolute Gasteiger partial charge is 0.395 e. The molecule has 0 spiro atoms. The van der Waals surface area contributed by atoms with Gasteiger partial charge in [-0.25, -0.2) is 9.97 Å². The van der Waals surface area contributed by atoms with Crippen LogP contribution < -0.4 is 5.32 Å². The van der Waals surface area contributed by atoms with Crippen LogP contribution in [0.1, 0.15) is 25.4 Å². The molecule has 0 aromatic carbocycles. The van der Waals surface area contributed by atoms with E-state index in [4.69, 9.17) is 5.11 Å². The summed E-state index contributed by atoms with van der Waals surface area (Å²) in [6.45, 7) is 7.05. The molecule has 0 aliphatic carbocycles. The summed E-state index contributed by atoms with van der Waals surface area (Å²) in [5, 5.41) is 12.3. The van der Waals surface area contributed by atoms with Crippen LogP contribution in [-0.4, -0.2) is 33.5 Å². The molecular formula is C11H19N3OS. The molecule has 0 aliphatic rings. The zero-order valence-corrected chi connectivity index (χ0v) is 10.8. The monoisotopic (exact) mass is 241 g/mol. The maximum atomic E-state index is 8.93. The maximum absolute atomic E-state index is 8.93. The first-order valence-corrected chi connectivity index (χ1v) is 6.51. The highest BCUT2D eigenvalue weighted by Crippen LogP contribution is 2.16. The molecule has 0 aliphatic heterocycles. The molecule has 0 fully saturated rings. The molecular weight excluding hydrogens is 222 g/mol. The predicted octanol–water partition coefficient (Wildman–Crippen LogP) is 1.83. The highest BCUT2D eigenvalue weighted by molar-refractivity contribution is 7.99. The number of nitrogens with zero attached hydrogens (tertiary/aromatic N) is 2. The summed E-state index contributed by atoms with van der Waals surface area (Å²) in [7, 11) is 0. The molecule has 90 valence electrons. The molecule has 1 unspecified atom stereocenters. The van der Waals surface area contributed by atoms with Gasteiger partial charge >= 0.3 is 0 Å². The number of hydrogen-bond donors (Lipinski definition) is 2. The van der Waals surface area contributed by atoms with E-state index in [2.05, 4.69) is 15.3 Å². The van der Waals surface area contributed by atoms with Gasteiger partial charge in [0.1, 0.15) is 11.6 Å². The Balaban J connectivity index is 2.64. The van der Waals surface area contributed by atoms with E-state index in [1.54, 1.807) is 11.8 Å². The highest BCUT2D eigenvalue weighted by atomic mass is 32.2. The number of aryl methyl sites for hydroxylation is 1. The minimum atomic E-state index is 0.191. The van der Waals surface area contributed by atoms with Gasteiger partial charge in [-0.3, -0.25) is 0 Å². The van der Waals surface area contributed by atoms with E-state index < -0.39 is 0 Å². The lowest BCUT2D eigenvalue weighted by Crippen LogP contribution is -2.06. The topological polar surface area (TPSA) is 58.0 Å². The summed E-state index contributed by atoms with van der Waals surface area (Å²) in [4.78, 5) is 8.77. The summed E-state index contributed by atoms with van der Waals surface area (Å²) in [5.41, 5.74) is 0.971. The van der Waals surface area contributed by atoms with Crippen LogP contribution in [0, 0.1) is 6.92 Å². The molecule has 0 radical (unpaired) electrons. The Hall–Kier alpha value is -0.810. The third-order valence-corrected chi connectivity index (χ3v) is 3.16. The first-order valence-electron chi connectivity index (χ1n) is 5.46. The van der Waals surface area contributed by atoms with Crippen molar-refractivity contribution >= 4 is 17.6 Å². The zero-order chi connectivity index (χ0) is 12.0. The number of aliphatic hydroxyl groups excluding tert-OH is 1. The van der Waals surface area contributed by atoms with E-state index in [1.807, 2.05) is 26.8 Å². The highest BCUT2D eigenvalue weighted by Gasteiger charge is 2.05. The van der Waals surface area contributed by atoms with E-state index >= 15 is 0 Å². The van der Waals surface area contributed by atoms with Crippen molar-refractivity contribution in [2.24, 2.45) is 0 Å². The van der Waals surface area contributed by atoms with Crippen LogP contribution in [-0.2, 0) is 5.75 Å². The van der Waals surface area contributed by atoms with Crippen molar-refractivity contribution in [1.29, 1.82) is 0 Å².